The largest absolute Gasteiger partial charge is 0.419 e. The van der Waals surface area contributed by atoms with Crippen molar-refractivity contribution in [2.24, 2.45) is 0 Å². The summed E-state index contributed by atoms with van der Waals surface area (Å²) in [6, 6.07) is 9.17. The molecule has 0 atom stereocenters. The van der Waals surface area contributed by atoms with Gasteiger partial charge in [0.05, 0.1) is 15.5 Å². The second kappa shape index (κ2) is 6.90. The summed E-state index contributed by atoms with van der Waals surface area (Å²) in [5.74, 6) is -0.461. The minimum atomic E-state index is -4.02. The Morgan fingerprint density at radius 2 is 1.73 bits per heavy atom. The molecule has 0 N–H and O–H groups in total. The number of benzene rings is 2. The molecule has 0 bridgehead atoms. The van der Waals surface area contributed by atoms with Crippen LogP contribution < -0.4 is 4.90 Å². The van der Waals surface area contributed by atoms with E-state index in [0.717, 1.165) is 12.1 Å². The average molecular weight is 415 g/mol. The number of nitrogens with zero attached hydrogens (tertiary/aromatic N) is 2. The lowest BCUT2D eigenvalue weighted by molar-refractivity contribution is 0.564. The second-order valence-electron chi connectivity index (χ2n) is 5.61. The van der Waals surface area contributed by atoms with Crippen LogP contribution in [-0.4, -0.2) is 27.5 Å². The molecule has 3 aromatic rings. The first-order chi connectivity index (χ1) is 12.2. The molecule has 0 radical (unpaired) electrons. The van der Waals surface area contributed by atoms with Crippen LogP contribution in [0.2, 0.25) is 10.0 Å². The smallest absolute Gasteiger partial charge is 0.235 e. The van der Waals surface area contributed by atoms with Gasteiger partial charge in [0.25, 0.3) is 0 Å². The molecule has 136 valence electrons. The van der Waals surface area contributed by atoms with Gasteiger partial charge < -0.3 is 9.32 Å². The Hall–Kier alpha value is -2.09. The van der Waals surface area contributed by atoms with Crippen molar-refractivity contribution < 1.29 is 17.2 Å². The molecule has 5 nitrogen and oxygen atoms in total. The van der Waals surface area contributed by atoms with Gasteiger partial charge in [-0.2, -0.15) is 4.98 Å². The molecular weight excluding hydrogens is 402 g/mol. The molecule has 1 aromatic heterocycles. The molecule has 0 aliphatic rings. The van der Waals surface area contributed by atoms with Crippen LogP contribution >= 0.6 is 23.2 Å². The van der Waals surface area contributed by atoms with Crippen LogP contribution in [-0.2, 0) is 9.84 Å². The van der Waals surface area contributed by atoms with Crippen molar-refractivity contribution in [3.63, 3.8) is 0 Å². The van der Waals surface area contributed by atoms with E-state index in [9.17, 15) is 12.8 Å². The first-order valence-electron chi connectivity index (χ1n) is 7.34. The number of hydrogen-bond acceptors (Lipinski definition) is 5. The minimum Gasteiger partial charge on any atom is -0.419 e. The monoisotopic (exact) mass is 414 g/mol. The fourth-order valence-corrected chi connectivity index (χ4v) is 4.12. The molecule has 0 amide bonds. The van der Waals surface area contributed by atoms with Gasteiger partial charge in [0, 0.05) is 19.1 Å². The van der Waals surface area contributed by atoms with Crippen molar-refractivity contribution in [3.8, 4) is 11.5 Å². The molecule has 0 aliphatic carbocycles. The summed E-state index contributed by atoms with van der Waals surface area (Å²) in [6.45, 7) is 0. The van der Waals surface area contributed by atoms with E-state index in [1.807, 2.05) is 0 Å². The summed E-state index contributed by atoms with van der Waals surface area (Å²) >= 11 is 12.1. The van der Waals surface area contributed by atoms with Crippen LogP contribution in [0.15, 0.2) is 56.8 Å². The lowest BCUT2D eigenvalue weighted by Crippen LogP contribution is -2.13. The molecule has 0 saturated heterocycles. The fraction of sp³-hybridized carbons (Fsp3) is 0.118. The highest BCUT2D eigenvalue weighted by Crippen LogP contribution is 2.36. The van der Waals surface area contributed by atoms with Crippen LogP contribution in [0.1, 0.15) is 0 Å². The standard InChI is InChI=1S/C17H13Cl2FN2O3S/c1-22(2)17-16(26(23,24)12-6-4-11(20)5-7-12)21-15(25-17)13-8-3-10(18)9-14(13)19/h3-9H,1-2H3. The lowest BCUT2D eigenvalue weighted by atomic mass is 10.2. The van der Waals surface area contributed by atoms with E-state index >= 15 is 0 Å². The van der Waals surface area contributed by atoms with E-state index in [-0.39, 0.29) is 26.7 Å². The van der Waals surface area contributed by atoms with E-state index in [1.54, 1.807) is 26.2 Å². The molecular formula is C17H13Cl2FN2O3S. The number of anilines is 1. The summed E-state index contributed by atoms with van der Waals surface area (Å²) < 4.78 is 44.6. The van der Waals surface area contributed by atoms with Crippen molar-refractivity contribution in [2.75, 3.05) is 19.0 Å². The van der Waals surface area contributed by atoms with Crippen LogP contribution in [0.3, 0.4) is 0 Å². The highest BCUT2D eigenvalue weighted by atomic mass is 35.5. The molecule has 0 aliphatic heterocycles. The number of hydrogen-bond donors (Lipinski definition) is 0. The molecule has 0 spiro atoms. The SMILES string of the molecule is CN(C)c1oc(-c2ccc(Cl)cc2Cl)nc1S(=O)(=O)c1ccc(F)cc1. The van der Waals surface area contributed by atoms with Crippen LogP contribution in [0.5, 0.6) is 0 Å². The number of oxazole rings is 1. The van der Waals surface area contributed by atoms with Gasteiger partial charge in [0.15, 0.2) is 0 Å². The predicted molar refractivity (Wildman–Crippen MR) is 98.1 cm³/mol. The van der Waals surface area contributed by atoms with Crippen molar-refractivity contribution in [2.45, 2.75) is 9.92 Å². The normalized spacial score (nSPS) is 11.6. The summed E-state index contributed by atoms with van der Waals surface area (Å²) in [4.78, 5) is 5.53. The Kier molecular flexibility index (Phi) is 4.96. The molecule has 0 fully saturated rings. The summed E-state index contributed by atoms with van der Waals surface area (Å²) in [7, 11) is -0.777. The van der Waals surface area contributed by atoms with Gasteiger partial charge in [0.1, 0.15) is 5.82 Å². The Labute approximate surface area is 159 Å². The summed E-state index contributed by atoms with van der Waals surface area (Å²) in [6.07, 6.45) is 0. The van der Waals surface area contributed by atoms with Gasteiger partial charge in [-0.15, -0.1) is 0 Å². The van der Waals surface area contributed by atoms with Gasteiger partial charge in [-0.25, -0.2) is 12.8 Å². The van der Waals surface area contributed by atoms with Crippen molar-refractivity contribution >= 4 is 38.9 Å². The molecule has 2 aromatic carbocycles. The van der Waals surface area contributed by atoms with Crippen molar-refractivity contribution in [1.29, 1.82) is 0 Å². The highest BCUT2D eigenvalue weighted by Gasteiger charge is 2.30. The third-order valence-corrected chi connectivity index (χ3v) is 5.74. The maximum Gasteiger partial charge on any atom is 0.235 e. The molecule has 26 heavy (non-hydrogen) atoms. The summed E-state index contributed by atoms with van der Waals surface area (Å²) in [5.41, 5.74) is 0.403. The Morgan fingerprint density at radius 1 is 1.08 bits per heavy atom. The summed E-state index contributed by atoms with van der Waals surface area (Å²) in [5, 5.41) is 0.419. The predicted octanol–water partition coefficient (Wildman–Crippen LogP) is 4.69. The van der Waals surface area contributed by atoms with E-state index in [4.69, 9.17) is 27.6 Å². The number of halogens is 3. The third kappa shape index (κ3) is 3.42. The molecule has 0 unspecified atom stereocenters. The Balaban J connectivity index is 2.18. The van der Waals surface area contributed by atoms with E-state index in [2.05, 4.69) is 4.98 Å². The van der Waals surface area contributed by atoms with Crippen LogP contribution in [0.25, 0.3) is 11.5 Å². The first-order valence-corrected chi connectivity index (χ1v) is 9.58. The molecule has 1 heterocycles. The van der Waals surface area contributed by atoms with Crippen molar-refractivity contribution in [3.05, 3.63) is 58.3 Å². The van der Waals surface area contributed by atoms with Gasteiger partial charge in [-0.05, 0) is 42.5 Å². The minimum absolute atomic E-state index is 0.0374. The van der Waals surface area contributed by atoms with E-state index < -0.39 is 15.7 Å². The quantitative estimate of drug-likeness (QED) is 0.579. The zero-order chi connectivity index (χ0) is 19.1. The zero-order valence-electron chi connectivity index (χ0n) is 13.7. The van der Waals surface area contributed by atoms with E-state index in [0.29, 0.717) is 10.6 Å². The Morgan fingerprint density at radius 3 is 2.31 bits per heavy atom. The van der Waals surface area contributed by atoms with Gasteiger partial charge in [-0.3, -0.25) is 0 Å². The highest BCUT2D eigenvalue weighted by molar-refractivity contribution is 7.91. The van der Waals surface area contributed by atoms with Crippen LogP contribution in [0, 0.1) is 5.82 Å². The van der Waals surface area contributed by atoms with E-state index in [1.165, 1.54) is 23.1 Å². The fourth-order valence-electron chi connectivity index (χ4n) is 2.26. The number of aromatic nitrogens is 1. The lowest BCUT2D eigenvalue weighted by Gasteiger charge is -2.10. The van der Waals surface area contributed by atoms with Gasteiger partial charge in [0.2, 0.25) is 26.6 Å². The number of sulfone groups is 1. The Bertz CT molecular complexity index is 1060. The van der Waals surface area contributed by atoms with Crippen LogP contribution in [0.4, 0.5) is 10.3 Å². The molecule has 0 saturated carbocycles. The first kappa shape index (κ1) is 18.7. The third-order valence-electron chi connectivity index (χ3n) is 3.53. The second-order valence-corrected chi connectivity index (χ2v) is 8.31. The molecule has 9 heteroatoms. The average Bonchev–Trinajstić information content (AvgIpc) is 3.01. The zero-order valence-corrected chi connectivity index (χ0v) is 16.0. The molecule has 3 rings (SSSR count). The van der Waals surface area contributed by atoms with Crippen molar-refractivity contribution in [1.82, 2.24) is 4.98 Å². The number of rotatable bonds is 4. The topological polar surface area (TPSA) is 63.4 Å². The van der Waals surface area contributed by atoms with Gasteiger partial charge in [-0.1, -0.05) is 23.2 Å². The maximum atomic E-state index is 13.1. The maximum absolute atomic E-state index is 13.1. The van der Waals surface area contributed by atoms with Gasteiger partial charge >= 0.3 is 0 Å².